The minimum absolute atomic E-state index is 0.0880. The van der Waals surface area contributed by atoms with E-state index in [-0.39, 0.29) is 11.6 Å². The summed E-state index contributed by atoms with van der Waals surface area (Å²) in [5, 5.41) is 2.46. The maximum Gasteiger partial charge on any atom is 0.429 e. The van der Waals surface area contributed by atoms with Crippen LogP contribution in [0.1, 0.15) is 37.9 Å². The van der Waals surface area contributed by atoms with Gasteiger partial charge in [-0.25, -0.2) is 4.79 Å². The lowest BCUT2D eigenvalue weighted by Gasteiger charge is -2.22. The average Bonchev–Trinajstić information content (AvgIpc) is 3.19. The largest absolute Gasteiger partial charge is 0.432 e. The molecule has 1 fully saturated rings. The van der Waals surface area contributed by atoms with Crippen molar-refractivity contribution in [3.05, 3.63) is 35.9 Å². The van der Waals surface area contributed by atoms with Crippen molar-refractivity contribution >= 4 is 6.09 Å². The molecule has 0 aliphatic heterocycles. The fourth-order valence-electron chi connectivity index (χ4n) is 2.21. The van der Waals surface area contributed by atoms with E-state index >= 15 is 0 Å². The highest BCUT2D eigenvalue weighted by atomic mass is 19.4. The van der Waals surface area contributed by atoms with Gasteiger partial charge in [0.1, 0.15) is 0 Å². The number of nitrogens with one attached hydrogen (secondary N) is 1. The molecule has 21 heavy (non-hydrogen) atoms. The van der Waals surface area contributed by atoms with E-state index in [2.05, 4.69) is 10.1 Å². The number of halogens is 3. The van der Waals surface area contributed by atoms with Gasteiger partial charge in [0.15, 0.2) is 0 Å². The zero-order valence-corrected chi connectivity index (χ0v) is 11.7. The van der Waals surface area contributed by atoms with Crippen LogP contribution in [0.15, 0.2) is 30.3 Å². The SMILES string of the molecule is CC(CC1CC1)NC(=O)OC(c1ccccc1)C(F)(F)F. The van der Waals surface area contributed by atoms with Crippen molar-refractivity contribution in [2.24, 2.45) is 5.92 Å². The predicted molar refractivity (Wildman–Crippen MR) is 71.7 cm³/mol. The summed E-state index contributed by atoms with van der Waals surface area (Å²) in [5.41, 5.74) is -0.0880. The van der Waals surface area contributed by atoms with Gasteiger partial charge in [0.2, 0.25) is 6.10 Å². The molecule has 2 unspecified atom stereocenters. The number of alkyl carbamates (subject to hydrolysis) is 1. The van der Waals surface area contributed by atoms with E-state index in [4.69, 9.17) is 0 Å². The summed E-state index contributed by atoms with van der Waals surface area (Å²) in [4.78, 5) is 11.7. The summed E-state index contributed by atoms with van der Waals surface area (Å²) in [6, 6.07) is 6.96. The van der Waals surface area contributed by atoms with Gasteiger partial charge in [-0.2, -0.15) is 13.2 Å². The molecule has 6 heteroatoms. The van der Waals surface area contributed by atoms with Crippen LogP contribution >= 0.6 is 0 Å². The Hall–Kier alpha value is -1.72. The smallest absolute Gasteiger partial charge is 0.429 e. The molecule has 1 N–H and O–H groups in total. The summed E-state index contributed by atoms with van der Waals surface area (Å²) >= 11 is 0. The molecule has 0 radical (unpaired) electrons. The van der Waals surface area contributed by atoms with Gasteiger partial charge < -0.3 is 10.1 Å². The summed E-state index contributed by atoms with van der Waals surface area (Å²) in [6.07, 6.45) is -4.90. The highest BCUT2D eigenvalue weighted by molar-refractivity contribution is 5.68. The Morgan fingerprint density at radius 1 is 1.33 bits per heavy atom. The second-order valence-corrected chi connectivity index (χ2v) is 5.46. The molecule has 0 spiro atoms. The molecular formula is C15H18F3NO2. The van der Waals surface area contributed by atoms with Crippen molar-refractivity contribution < 1.29 is 22.7 Å². The van der Waals surface area contributed by atoms with Crippen LogP contribution in [0.2, 0.25) is 0 Å². The molecular weight excluding hydrogens is 283 g/mol. The van der Waals surface area contributed by atoms with Crippen LogP contribution in [0.4, 0.5) is 18.0 Å². The van der Waals surface area contributed by atoms with Gasteiger partial charge in [-0.1, -0.05) is 43.2 Å². The zero-order chi connectivity index (χ0) is 15.5. The minimum atomic E-state index is -4.64. The molecule has 2 atom stereocenters. The van der Waals surface area contributed by atoms with Crippen LogP contribution in [0, 0.1) is 5.92 Å². The molecule has 2 rings (SSSR count). The van der Waals surface area contributed by atoms with Gasteiger partial charge in [0.05, 0.1) is 0 Å². The molecule has 1 aromatic rings. The van der Waals surface area contributed by atoms with Gasteiger partial charge in [-0.15, -0.1) is 0 Å². The molecule has 1 aliphatic rings. The van der Waals surface area contributed by atoms with Crippen LogP contribution in [-0.2, 0) is 4.74 Å². The van der Waals surface area contributed by atoms with Gasteiger partial charge in [0, 0.05) is 11.6 Å². The predicted octanol–water partition coefficient (Wildman–Crippen LogP) is 4.20. The maximum atomic E-state index is 13.0. The van der Waals surface area contributed by atoms with Crippen molar-refractivity contribution in [3.63, 3.8) is 0 Å². The maximum absolute atomic E-state index is 13.0. The second kappa shape index (κ2) is 6.37. The Morgan fingerprint density at radius 2 is 1.95 bits per heavy atom. The molecule has 0 bridgehead atoms. The van der Waals surface area contributed by atoms with Crippen molar-refractivity contribution in [2.75, 3.05) is 0 Å². The summed E-state index contributed by atoms with van der Waals surface area (Å²) in [6.45, 7) is 1.77. The quantitative estimate of drug-likeness (QED) is 0.885. The van der Waals surface area contributed by atoms with E-state index in [0.717, 1.165) is 19.3 Å². The molecule has 0 heterocycles. The third-order valence-corrected chi connectivity index (χ3v) is 3.37. The van der Waals surface area contributed by atoms with Gasteiger partial charge in [-0.05, 0) is 19.3 Å². The van der Waals surface area contributed by atoms with E-state index < -0.39 is 18.4 Å². The van der Waals surface area contributed by atoms with Gasteiger partial charge >= 0.3 is 12.3 Å². The first-order valence-electron chi connectivity index (χ1n) is 6.95. The van der Waals surface area contributed by atoms with E-state index in [1.165, 1.54) is 24.3 Å². The summed E-state index contributed by atoms with van der Waals surface area (Å²) in [7, 11) is 0. The van der Waals surface area contributed by atoms with Crippen LogP contribution in [-0.4, -0.2) is 18.3 Å². The number of benzene rings is 1. The Balaban J connectivity index is 1.96. The van der Waals surface area contributed by atoms with E-state index in [1.807, 2.05) is 0 Å². The first kappa shape index (κ1) is 15.7. The molecule has 3 nitrogen and oxygen atoms in total. The topological polar surface area (TPSA) is 38.3 Å². The number of rotatable bonds is 5. The number of alkyl halides is 3. The number of hydrogen-bond donors (Lipinski definition) is 1. The van der Waals surface area contributed by atoms with Crippen molar-refractivity contribution in [1.82, 2.24) is 5.32 Å². The third kappa shape index (κ3) is 4.95. The molecule has 0 aromatic heterocycles. The van der Waals surface area contributed by atoms with E-state index in [9.17, 15) is 18.0 Å². The number of amides is 1. The Labute approximate surface area is 121 Å². The van der Waals surface area contributed by atoms with Crippen molar-refractivity contribution in [1.29, 1.82) is 0 Å². The Kier molecular flexibility index (Phi) is 4.75. The number of ether oxygens (including phenoxy) is 1. The highest BCUT2D eigenvalue weighted by Gasteiger charge is 2.44. The standard InChI is InChI=1S/C15H18F3NO2/c1-10(9-11-7-8-11)19-14(20)21-13(15(16,17)18)12-5-3-2-4-6-12/h2-6,10-11,13H,7-9H2,1H3,(H,19,20). The second-order valence-electron chi connectivity index (χ2n) is 5.46. The first-order chi connectivity index (χ1) is 9.86. The Bertz CT molecular complexity index is 472. The van der Waals surface area contributed by atoms with Gasteiger partial charge in [-0.3, -0.25) is 0 Å². The summed E-state index contributed by atoms with van der Waals surface area (Å²) < 4.78 is 43.7. The van der Waals surface area contributed by atoms with Crippen molar-refractivity contribution in [3.8, 4) is 0 Å². The van der Waals surface area contributed by atoms with Crippen LogP contribution in [0.5, 0.6) is 0 Å². The number of carbonyl (C=O) groups is 1. The normalized spacial score (nSPS) is 17.9. The first-order valence-corrected chi connectivity index (χ1v) is 6.95. The lowest BCUT2D eigenvalue weighted by atomic mass is 10.1. The lowest BCUT2D eigenvalue weighted by molar-refractivity contribution is -0.206. The molecule has 116 valence electrons. The molecule has 1 amide bonds. The minimum Gasteiger partial charge on any atom is -0.432 e. The molecule has 1 saturated carbocycles. The van der Waals surface area contributed by atoms with Gasteiger partial charge in [0.25, 0.3) is 0 Å². The zero-order valence-electron chi connectivity index (χ0n) is 11.7. The fraction of sp³-hybridized carbons (Fsp3) is 0.533. The monoisotopic (exact) mass is 301 g/mol. The number of carbonyl (C=O) groups excluding carboxylic acids is 1. The molecule has 1 aliphatic carbocycles. The van der Waals surface area contributed by atoms with Crippen LogP contribution in [0.3, 0.4) is 0 Å². The molecule has 0 saturated heterocycles. The summed E-state index contributed by atoms with van der Waals surface area (Å²) in [5.74, 6) is 0.577. The fourth-order valence-corrected chi connectivity index (χ4v) is 2.21. The third-order valence-electron chi connectivity index (χ3n) is 3.37. The van der Waals surface area contributed by atoms with Crippen LogP contribution < -0.4 is 5.32 Å². The van der Waals surface area contributed by atoms with Crippen LogP contribution in [0.25, 0.3) is 0 Å². The van der Waals surface area contributed by atoms with E-state index in [0.29, 0.717) is 5.92 Å². The average molecular weight is 301 g/mol. The van der Waals surface area contributed by atoms with Crippen molar-refractivity contribution in [2.45, 2.75) is 44.5 Å². The van der Waals surface area contributed by atoms with E-state index in [1.54, 1.807) is 13.0 Å². The highest BCUT2D eigenvalue weighted by Crippen LogP contribution is 2.36. The number of hydrogen-bond acceptors (Lipinski definition) is 2. The Morgan fingerprint density at radius 3 is 2.48 bits per heavy atom. The molecule has 1 aromatic carbocycles. The lowest BCUT2D eigenvalue weighted by Crippen LogP contribution is -2.37.